The molecule has 6 nitrogen and oxygen atoms in total. The minimum atomic E-state index is -1.40. The quantitative estimate of drug-likeness (QED) is 0.317. The van der Waals surface area contributed by atoms with Crippen molar-refractivity contribution >= 4 is 0 Å². The van der Waals surface area contributed by atoms with Gasteiger partial charge in [0.15, 0.2) is 0 Å². The first-order chi connectivity index (χ1) is 6.11. The highest BCUT2D eigenvalue weighted by Gasteiger charge is 2.42. The molecular weight excluding hydrogens is 180 g/mol. The highest BCUT2D eigenvalue weighted by molar-refractivity contribution is 4.91. The van der Waals surface area contributed by atoms with E-state index >= 15 is 0 Å². The van der Waals surface area contributed by atoms with E-state index in [0.29, 0.717) is 0 Å². The number of aliphatic hydroxyl groups excluding tert-OH is 5. The topological polar surface area (TPSA) is 110 Å². The molecule has 1 fully saturated rings. The van der Waals surface area contributed by atoms with Gasteiger partial charge in [0.1, 0.15) is 30.5 Å². The highest BCUT2D eigenvalue weighted by Crippen LogP contribution is 2.20. The summed E-state index contributed by atoms with van der Waals surface area (Å²) in [6.07, 6.45) is -5.99. The van der Waals surface area contributed by atoms with Crippen molar-refractivity contribution in [2.24, 2.45) is 0 Å². The SMILES string of the molecule is OC[C@H]1O[C@H](CO)[C@@H](O)C(O)[C@H]1O. The molecule has 1 unspecified atom stereocenters. The fourth-order valence-electron chi connectivity index (χ4n) is 1.33. The highest BCUT2D eigenvalue weighted by atomic mass is 16.6. The monoisotopic (exact) mass is 194 g/mol. The predicted molar refractivity (Wildman–Crippen MR) is 40.9 cm³/mol. The number of hydrogen-bond acceptors (Lipinski definition) is 6. The van der Waals surface area contributed by atoms with Gasteiger partial charge >= 0.3 is 0 Å². The van der Waals surface area contributed by atoms with E-state index < -0.39 is 43.7 Å². The normalized spacial score (nSPS) is 46.4. The Labute approximate surface area is 75.0 Å². The van der Waals surface area contributed by atoms with Crippen LogP contribution in [0.15, 0.2) is 0 Å². The molecule has 0 aromatic carbocycles. The van der Waals surface area contributed by atoms with Crippen LogP contribution in [0, 0.1) is 0 Å². The Morgan fingerprint density at radius 3 is 1.46 bits per heavy atom. The molecule has 0 bridgehead atoms. The van der Waals surface area contributed by atoms with Gasteiger partial charge in [0.25, 0.3) is 0 Å². The summed E-state index contributed by atoms with van der Waals surface area (Å²) in [6.45, 7) is -0.942. The summed E-state index contributed by atoms with van der Waals surface area (Å²) in [5.41, 5.74) is 0. The van der Waals surface area contributed by atoms with Gasteiger partial charge in [0.2, 0.25) is 0 Å². The lowest BCUT2D eigenvalue weighted by Crippen LogP contribution is -2.59. The molecule has 1 heterocycles. The maximum absolute atomic E-state index is 9.25. The Balaban J connectivity index is 2.66. The lowest BCUT2D eigenvalue weighted by Gasteiger charge is -2.39. The second kappa shape index (κ2) is 4.32. The van der Waals surface area contributed by atoms with Crippen molar-refractivity contribution in [2.75, 3.05) is 13.2 Å². The molecule has 0 radical (unpaired) electrons. The smallest absolute Gasteiger partial charge is 0.111 e. The summed E-state index contributed by atoms with van der Waals surface area (Å²) in [5.74, 6) is 0. The van der Waals surface area contributed by atoms with E-state index in [1.165, 1.54) is 0 Å². The van der Waals surface area contributed by atoms with Crippen LogP contribution in [0.25, 0.3) is 0 Å². The van der Waals surface area contributed by atoms with E-state index in [1.54, 1.807) is 0 Å². The second-order valence-electron chi connectivity index (χ2n) is 3.05. The zero-order valence-corrected chi connectivity index (χ0v) is 6.95. The van der Waals surface area contributed by atoms with Crippen LogP contribution in [0.4, 0.5) is 0 Å². The maximum Gasteiger partial charge on any atom is 0.111 e. The van der Waals surface area contributed by atoms with Crippen molar-refractivity contribution in [1.29, 1.82) is 0 Å². The Morgan fingerprint density at radius 2 is 1.15 bits per heavy atom. The van der Waals surface area contributed by atoms with E-state index in [2.05, 4.69) is 0 Å². The lowest BCUT2D eigenvalue weighted by molar-refractivity contribution is -0.235. The minimum Gasteiger partial charge on any atom is -0.394 e. The van der Waals surface area contributed by atoms with Gasteiger partial charge in [-0.2, -0.15) is 0 Å². The second-order valence-corrected chi connectivity index (χ2v) is 3.05. The molecule has 5 atom stereocenters. The summed E-state index contributed by atoms with van der Waals surface area (Å²) in [6, 6.07) is 0. The summed E-state index contributed by atoms with van der Waals surface area (Å²) in [7, 11) is 0. The molecule has 0 aromatic rings. The van der Waals surface area contributed by atoms with Crippen LogP contribution in [0.1, 0.15) is 0 Å². The minimum absolute atomic E-state index is 0.471. The lowest BCUT2D eigenvalue weighted by atomic mass is 9.95. The average molecular weight is 194 g/mol. The Kier molecular flexibility index (Phi) is 3.60. The fourth-order valence-corrected chi connectivity index (χ4v) is 1.33. The maximum atomic E-state index is 9.25. The molecule has 1 aliphatic rings. The van der Waals surface area contributed by atoms with Crippen molar-refractivity contribution < 1.29 is 30.3 Å². The number of hydrogen-bond donors (Lipinski definition) is 5. The molecule has 0 saturated carbocycles. The molecule has 0 amide bonds. The number of ether oxygens (including phenoxy) is 1. The molecule has 6 heteroatoms. The fraction of sp³-hybridized carbons (Fsp3) is 1.00. The Morgan fingerprint density at radius 1 is 0.769 bits per heavy atom. The Hall–Kier alpha value is -0.240. The summed E-state index contributed by atoms with van der Waals surface area (Å²) in [5, 5.41) is 45.2. The third-order valence-electron chi connectivity index (χ3n) is 2.17. The van der Waals surface area contributed by atoms with Gasteiger partial charge in [0.05, 0.1) is 13.2 Å². The average Bonchev–Trinajstić information content (AvgIpc) is 2.15. The van der Waals surface area contributed by atoms with Gasteiger partial charge < -0.3 is 30.3 Å². The Bertz CT molecular complexity index is 143. The van der Waals surface area contributed by atoms with E-state index in [4.69, 9.17) is 14.9 Å². The van der Waals surface area contributed by atoms with Crippen LogP contribution in [0.5, 0.6) is 0 Å². The summed E-state index contributed by atoms with van der Waals surface area (Å²) >= 11 is 0. The first-order valence-electron chi connectivity index (χ1n) is 4.03. The molecule has 1 saturated heterocycles. The van der Waals surface area contributed by atoms with Crippen molar-refractivity contribution in [3.63, 3.8) is 0 Å². The molecule has 13 heavy (non-hydrogen) atoms. The van der Waals surface area contributed by atoms with Crippen LogP contribution in [0.3, 0.4) is 0 Å². The summed E-state index contributed by atoms with van der Waals surface area (Å²) in [4.78, 5) is 0. The van der Waals surface area contributed by atoms with Crippen molar-refractivity contribution in [1.82, 2.24) is 0 Å². The molecule has 0 spiro atoms. The zero-order chi connectivity index (χ0) is 10.0. The van der Waals surface area contributed by atoms with E-state index in [0.717, 1.165) is 0 Å². The number of rotatable bonds is 2. The molecule has 1 aliphatic heterocycles. The van der Waals surface area contributed by atoms with Gasteiger partial charge in [-0.3, -0.25) is 0 Å². The van der Waals surface area contributed by atoms with Crippen molar-refractivity contribution in [3.05, 3.63) is 0 Å². The first-order valence-corrected chi connectivity index (χ1v) is 4.03. The third kappa shape index (κ3) is 1.98. The molecule has 1 rings (SSSR count). The van der Waals surface area contributed by atoms with Crippen LogP contribution in [-0.2, 0) is 4.74 Å². The van der Waals surface area contributed by atoms with Gasteiger partial charge in [-0.15, -0.1) is 0 Å². The third-order valence-corrected chi connectivity index (χ3v) is 2.17. The first kappa shape index (κ1) is 10.8. The zero-order valence-electron chi connectivity index (χ0n) is 6.95. The van der Waals surface area contributed by atoms with E-state index in [1.807, 2.05) is 0 Å². The molecule has 0 aromatic heterocycles. The molecular formula is C7H14O6. The van der Waals surface area contributed by atoms with Crippen LogP contribution < -0.4 is 0 Å². The van der Waals surface area contributed by atoms with Gasteiger partial charge in [-0.1, -0.05) is 0 Å². The molecule has 5 N–H and O–H groups in total. The molecule has 0 aliphatic carbocycles. The largest absolute Gasteiger partial charge is 0.394 e. The van der Waals surface area contributed by atoms with Crippen LogP contribution >= 0.6 is 0 Å². The van der Waals surface area contributed by atoms with Crippen LogP contribution in [-0.4, -0.2) is 69.3 Å². The van der Waals surface area contributed by atoms with Crippen LogP contribution in [0.2, 0.25) is 0 Å². The van der Waals surface area contributed by atoms with Gasteiger partial charge in [-0.25, -0.2) is 0 Å². The van der Waals surface area contributed by atoms with Gasteiger partial charge in [0, 0.05) is 0 Å². The van der Waals surface area contributed by atoms with Crippen molar-refractivity contribution in [3.8, 4) is 0 Å². The number of aliphatic hydroxyl groups is 5. The van der Waals surface area contributed by atoms with E-state index in [-0.39, 0.29) is 0 Å². The van der Waals surface area contributed by atoms with Crippen molar-refractivity contribution in [2.45, 2.75) is 30.5 Å². The predicted octanol–water partition coefficient (Wildman–Crippen LogP) is -3.18. The van der Waals surface area contributed by atoms with E-state index in [9.17, 15) is 15.3 Å². The van der Waals surface area contributed by atoms with Gasteiger partial charge in [-0.05, 0) is 0 Å². The summed E-state index contributed by atoms with van der Waals surface area (Å²) < 4.78 is 4.92. The molecule has 78 valence electrons. The standard InChI is InChI=1S/C7H14O6/c8-1-3-5(10)7(12)6(11)4(2-9)13-3/h3-12H,1-2H2/t3-,4-,5-,6+,7?/m1/s1.